The molecule has 2 heterocycles. The monoisotopic (exact) mass is 226 g/mol. The van der Waals surface area contributed by atoms with Gasteiger partial charge >= 0.3 is 5.69 Å². The second kappa shape index (κ2) is 4.80. The molecule has 90 valence electrons. The summed E-state index contributed by atoms with van der Waals surface area (Å²) < 4.78 is 8.63. The molecule has 1 aromatic rings. The fourth-order valence-corrected chi connectivity index (χ4v) is 1.75. The lowest BCUT2D eigenvalue weighted by atomic mass is 10.4. The van der Waals surface area contributed by atoms with Gasteiger partial charge in [-0.05, 0) is 13.8 Å². The topological polar surface area (TPSA) is 61.1 Å². The highest BCUT2D eigenvalue weighted by Gasteiger charge is 2.15. The molecule has 0 spiro atoms. The van der Waals surface area contributed by atoms with E-state index in [0.717, 1.165) is 12.4 Å². The number of nitrogens with one attached hydrogen (secondary N) is 1. The molecule has 2 rings (SSSR count). The van der Waals surface area contributed by atoms with E-state index in [-0.39, 0.29) is 11.8 Å². The van der Waals surface area contributed by atoms with E-state index in [1.54, 1.807) is 4.57 Å². The van der Waals surface area contributed by atoms with Crippen LogP contribution in [0.25, 0.3) is 0 Å². The van der Waals surface area contributed by atoms with Crippen molar-refractivity contribution in [3.63, 3.8) is 0 Å². The van der Waals surface area contributed by atoms with Gasteiger partial charge in [-0.3, -0.25) is 4.57 Å². The lowest BCUT2D eigenvalue weighted by molar-refractivity contribution is 0.0703. The third kappa shape index (κ3) is 2.33. The minimum Gasteiger partial charge on any atom is -0.377 e. The second-order valence-corrected chi connectivity index (χ2v) is 4.17. The molecule has 0 atom stereocenters. The van der Waals surface area contributed by atoms with Crippen molar-refractivity contribution in [3.8, 4) is 0 Å². The summed E-state index contributed by atoms with van der Waals surface area (Å²) in [6, 6.07) is 0. The first-order valence-electron chi connectivity index (χ1n) is 5.67. The van der Waals surface area contributed by atoms with E-state index in [9.17, 15) is 4.79 Å². The molecule has 0 aliphatic carbocycles. The molecule has 1 N–H and O–H groups in total. The van der Waals surface area contributed by atoms with Crippen LogP contribution in [0.2, 0.25) is 0 Å². The van der Waals surface area contributed by atoms with Gasteiger partial charge in [0.2, 0.25) is 0 Å². The Bertz CT molecular complexity index is 407. The van der Waals surface area contributed by atoms with Crippen LogP contribution >= 0.6 is 0 Å². The number of ether oxygens (including phenoxy) is 1. The maximum absolute atomic E-state index is 11.9. The zero-order chi connectivity index (χ0) is 11.5. The predicted octanol–water partition coefficient (Wildman–Crippen LogP) is -0.427. The van der Waals surface area contributed by atoms with Crippen LogP contribution in [-0.4, -0.2) is 33.6 Å². The lowest BCUT2D eigenvalue weighted by Gasteiger charge is -2.11. The number of nitrogens with zero attached hydrogens (tertiary/aromatic N) is 3. The Kier molecular flexibility index (Phi) is 3.40. The molecule has 0 saturated carbocycles. The average molecular weight is 226 g/mol. The Morgan fingerprint density at radius 1 is 1.56 bits per heavy atom. The van der Waals surface area contributed by atoms with Gasteiger partial charge in [0.1, 0.15) is 5.82 Å². The minimum absolute atomic E-state index is 0.0242. The Morgan fingerprint density at radius 2 is 2.38 bits per heavy atom. The predicted molar refractivity (Wildman–Crippen MR) is 59.3 cm³/mol. The van der Waals surface area contributed by atoms with Gasteiger partial charge in [0, 0.05) is 13.1 Å². The highest BCUT2D eigenvalue weighted by Crippen LogP contribution is 1.97. The van der Waals surface area contributed by atoms with E-state index >= 15 is 0 Å². The van der Waals surface area contributed by atoms with E-state index in [0.29, 0.717) is 26.2 Å². The molecule has 16 heavy (non-hydrogen) atoms. The molecule has 6 heteroatoms. The molecule has 6 nitrogen and oxygen atoms in total. The second-order valence-electron chi connectivity index (χ2n) is 4.17. The standard InChI is InChI=1S/C10H18N4O2/c1-8(2)16-6-5-14-10(15)13-4-3-11-7-9(13)12-14/h8,11H,3-7H2,1-2H3. The van der Waals surface area contributed by atoms with Crippen LogP contribution in [0.5, 0.6) is 0 Å². The summed E-state index contributed by atoms with van der Waals surface area (Å²) in [5.41, 5.74) is -0.0242. The molecule has 0 radical (unpaired) electrons. The molecule has 0 bridgehead atoms. The van der Waals surface area contributed by atoms with Gasteiger partial charge in [0.15, 0.2) is 0 Å². The zero-order valence-electron chi connectivity index (χ0n) is 9.77. The summed E-state index contributed by atoms with van der Waals surface area (Å²) in [4.78, 5) is 11.9. The van der Waals surface area contributed by atoms with Crippen LogP contribution < -0.4 is 11.0 Å². The Hall–Kier alpha value is -1.14. The third-order valence-corrected chi connectivity index (χ3v) is 2.55. The molecular weight excluding hydrogens is 208 g/mol. The molecule has 0 amide bonds. The van der Waals surface area contributed by atoms with Crippen molar-refractivity contribution in [2.75, 3.05) is 13.2 Å². The van der Waals surface area contributed by atoms with Gasteiger partial charge in [-0.2, -0.15) is 5.10 Å². The minimum atomic E-state index is -0.0242. The number of fused-ring (bicyclic) bond motifs is 1. The summed E-state index contributed by atoms with van der Waals surface area (Å²) in [5, 5.41) is 7.46. The van der Waals surface area contributed by atoms with Crippen LogP contribution in [-0.2, 0) is 24.4 Å². The fraction of sp³-hybridized carbons (Fsp3) is 0.800. The quantitative estimate of drug-likeness (QED) is 0.757. The van der Waals surface area contributed by atoms with Crippen molar-refractivity contribution < 1.29 is 4.74 Å². The highest BCUT2D eigenvalue weighted by atomic mass is 16.5. The van der Waals surface area contributed by atoms with E-state index in [2.05, 4.69) is 10.4 Å². The molecule has 1 aliphatic heterocycles. The van der Waals surface area contributed by atoms with Crippen molar-refractivity contribution >= 4 is 0 Å². The number of aromatic nitrogens is 3. The smallest absolute Gasteiger partial charge is 0.346 e. The first-order valence-corrected chi connectivity index (χ1v) is 5.67. The third-order valence-electron chi connectivity index (χ3n) is 2.55. The Balaban J connectivity index is 2.04. The van der Waals surface area contributed by atoms with Gasteiger partial charge in [-0.1, -0.05) is 0 Å². The zero-order valence-corrected chi connectivity index (χ0v) is 9.77. The average Bonchev–Trinajstić information content (AvgIpc) is 2.56. The maximum Gasteiger partial charge on any atom is 0.346 e. The summed E-state index contributed by atoms with van der Waals surface area (Å²) in [5.74, 6) is 0.820. The van der Waals surface area contributed by atoms with Gasteiger partial charge in [-0.15, -0.1) is 0 Å². The maximum atomic E-state index is 11.9. The fourth-order valence-electron chi connectivity index (χ4n) is 1.75. The summed E-state index contributed by atoms with van der Waals surface area (Å²) in [6.45, 7) is 7.22. The summed E-state index contributed by atoms with van der Waals surface area (Å²) >= 11 is 0. The molecule has 1 aromatic heterocycles. The molecule has 0 saturated heterocycles. The van der Waals surface area contributed by atoms with E-state index < -0.39 is 0 Å². The highest BCUT2D eigenvalue weighted by molar-refractivity contribution is 4.90. The normalized spacial score (nSPS) is 15.4. The van der Waals surface area contributed by atoms with Crippen molar-refractivity contribution in [3.05, 3.63) is 16.3 Å². The van der Waals surface area contributed by atoms with E-state index in [1.807, 2.05) is 13.8 Å². The van der Waals surface area contributed by atoms with Crippen molar-refractivity contribution in [2.24, 2.45) is 0 Å². The number of hydrogen-bond donors (Lipinski definition) is 1. The molecule has 0 aromatic carbocycles. The van der Waals surface area contributed by atoms with Crippen molar-refractivity contribution in [1.82, 2.24) is 19.7 Å². The van der Waals surface area contributed by atoms with E-state index in [1.165, 1.54) is 4.68 Å². The van der Waals surface area contributed by atoms with Crippen LogP contribution in [0, 0.1) is 0 Å². The Morgan fingerprint density at radius 3 is 3.06 bits per heavy atom. The summed E-state index contributed by atoms with van der Waals surface area (Å²) in [6.07, 6.45) is 0.189. The number of hydrogen-bond acceptors (Lipinski definition) is 4. The molecule has 0 fully saturated rings. The first-order chi connectivity index (χ1) is 7.68. The van der Waals surface area contributed by atoms with Gasteiger partial charge in [0.05, 0.1) is 25.8 Å². The van der Waals surface area contributed by atoms with Gasteiger partial charge < -0.3 is 10.1 Å². The molecular formula is C10H18N4O2. The van der Waals surface area contributed by atoms with Crippen LogP contribution in [0.4, 0.5) is 0 Å². The van der Waals surface area contributed by atoms with Crippen molar-refractivity contribution in [2.45, 2.75) is 39.6 Å². The van der Waals surface area contributed by atoms with E-state index in [4.69, 9.17) is 4.74 Å². The molecule has 1 aliphatic rings. The lowest BCUT2D eigenvalue weighted by Crippen LogP contribution is -2.34. The number of rotatable bonds is 4. The Labute approximate surface area is 94.2 Å². The first kappa shape index (κ1) is 11.3. The summed E-state index contributed by atoms with van der Waals surface area (Å²) in [7, 11) is 0. The molecule has 0 unspecified atom stereocenters. The van der Waals surface area contributed by atoms with Crippen LogP contribution in [0.3, 0.4) is 0 Å². The van der Waals surface area contributed by atoms with Crippen LogP contribution in [0.15, 0.2) is 4.79 Å². The van der Waals surface area contributed by atoms with Crippen LogP contribution in [0.1, 0.15) is 19.7 Å². The SMILES string of the molecule is CC(C)OCCn1nc2n(c1=O)CCNC2. The van der Waals surface area contributed by atoms with Crippen molar-refractivity contribution in [1.29, 1.82) is 0 Å². The van der Waals surface area contributed by atoms with Gasteiger partial charge in [-0.25, -0.2) is 9.48 Å². The largest absolute Gasteiger partial charge is 0.377 e. The van der Waals surface area contributed by atoms with Gasteiger partial charge in [0.25, 0.3) is 0 Å².